The first-order valence-electron chi connectivity index (χ1n) is 21.1. The SMILES string of the molecule is C=C(c1ccc(N(c2ccc(/C(=C/N)c3oc4c(c3C)C=CCC4)cc2)c2ccc(-c3ccc(-c4ccccc4)cc3)c3ccccc23)cc1)c1oc2c(c1CN)CCC=C2. The summed E-state index contributed by atoms with van der Waals surface area (Å²) in [6.45, 7) is 7.04. The number of fused-ring (bicyclic) bond motifs is 3. The van der Waals surface area contributed by atoms with Gasteiger partial charge in [-0.05, 0) is 101 Å². The van der Waals surface area contributed by atoms with Gasteiger partial charge in [0.05, 0.1) is 5.69 Å². The van der Waals surface area contributed by atoms with Crippen LogP contribution in [0.15, 0.2) is 173 Å². The molecule has 0 aliphatic heterocycles. The number of rotatable bonds is 10. The van der Waals surface area contributed by atoms with Crippen molar-refractivity contribution in [2.75, 3.05) is 4.90 Å². The van der Waals surface area contributed by atoms with E-state index in [1.807, 2.05) is 0 Å². The van der Waals surface area contributed by atoms with E-state index in [-0.39, 0.29) is 0 Å². The molecule has 0 spiro atoms. The van der Waals surface area contributed by atoms with Crippen molar-refractivity contribution in [3.63, 3.8) is 0 Å². The van der Waals surface area contributed by atoms with E-state index >= 15 is 0 Å². The van der Waals surface area contributed by atoms with Gasteiger partial charge in [0.25, 0.3) is 0 Å². The quantitative estimate of drug-likeness (QED) is 0.144. The number of aryl methyl sites for hydroxylation is 1. The maximum atomic E-state index is 6.45. The van der Waals surface area contributed by atoms with Gasteiger partial charge in [-0.2, -0.15) is 0 Å². The summed E-state index contributed by atoms with van der Waals surface area (Å²) in [6, 6.07) is 49.8. The molecule has 8 aromatic rings. The first-order valence-corrected chi connectivity index (χ1v) is 21.1. The van der Waals surface area contributed by atoms with E-state index in [4.69, 9.17) is 20.3 Å². The lowest BCUT2D eigenvalue weighted by molar-refractivity contribution is 0.496. The van der Waals surface area contributed by atoms with Crippen molar-refractivity contribution in [1.29, 1.82) is 0 Å². The summed E-state index contributed by atoms with van der Waals surface area (Å²) in [7, 11) is 0. The molecule has 61 heavy (non-hydrogen) atoms. The standard InChI is InChI=1S/C56H47N3O2/c1-36(55-51(35-58)49-17-9-11-19-54(49)61-55)38-24-28-43(29-25-38)59(44-30-26-42(27-31-44)50(34-57)56-37(2)45-14-8-10-18-53(45)60-56)52-33-32-46(47-15-6-7-16-48(47)52)41-22-20-40(21-23-41)39-12-4-3-5-13-39/h3-8,11-16,19-34H,1,9-10,17-18,35,57-58H2,2H3/b50-34-. The maximum absolute atomic E-state index is 6.45. The molecule has 5 nitrogen and oxygen atoms in total. The Hall–Kier alpha value is -7.34. The zero-order chi connectivity index (χ0) is 41.5. The smallest absolute Gasteiger partial charge is 0.139 e. The summed E-state index contributed by atoms with van der Waals surface area (Å²) in [4.78, 5) is 2.33. The molecule has 0 saturated carbocycles. The molecule has 0 radical (unpaired) electrons. The van der Waals surface area contributed by atoms with Crippen LogP contribution in [0.2, 0.25) is 0 Å². The molecule has 2 aliphatic carbocycles. The number of nitrogens with two attached hydrogens (primary N) is 2. The second-order valence-corrected chi connectivity index (χ2v) is 15.8. The highest BCUT2D eigenvalue weighted by Crippen LogP contribution is 2.44. The number of anilines is 3. The Kier molecular flexibility index (Phi) is 9.95. The van der Waals surface area contributed by atoms with Gasteiger partial charge in [0.15, 0.2) is 0 Å². The van der Waals surface area contributed by atoms with Crippen LogP contribution in [-0.2, 0) is 19.4 Å². The molecule has 0 saturated heterocycles. The molecule has 298 valence electrons. The Morgan fingerprint density at radius 3 is 2.00 bits per heavy atom. The van der Waals surface area contributed by atoms with E-state index in [2.05, 4.69) is 182 Å². The van der Waals surface area contributed by atoms with Gasteiger partial charge in [-0.15, -0.1) is 0 Å². The second kappa shape index (κ2) is 16.0. The van der Waals surface area contributed by atoms with E-state index in [0.717, 1.165) is 105 Å². The van der Waals surface area contributed by atoms with E-state index in [1.54, 1.807) is 6.20 Å². The van der Waals surface area contributed by atoms with Gasteiger partial charge in [-0.1, -0.05) is 134 Å². The molecule has 0 unspecified atom stereocenters. The molecular formula is C56H47N3O2. The van der Waals surface area contributed by atoms with Gasteiger partial charge in [0, 0.05) is 69.3 Å². The summed E-state index contributed by atoms with van der Waals surface area (Å²) < 4.78 is 12.8. The number of benzene rings is 6. The van der Waals surface area contributed by atoms with E-state index in [1.165, 1.54) is 38.8 Å². The Balaban J connectivity index is 1.06. The van der Waals surface area contributed by atoms with E-state index in [0.29, 0.717) is 6.54 Å². The van der Waals surface area contributed by atoms with Gasteiger partial charge in [-0.3, -0.25) is 0 Å². The van der Waals surface area contributed by atoms with Gasteiger partial charge >= 0.3 is 0 Å². The Morgan fingerprint density at radius 2 is 1.30 bits per heavy atom. The van der Waals surface area contributed by atoms with Gasteiger partial charge in [0.2, 0.25) is 0 Å². The first kappa shape index (κ1) is 37.9. The topological polar surface area (TPSA) is 81.6 Å². The zero-order valence-corrected chi connectivity index (χ0v) is 34.3. The van der Waals surface area contributed by atoms with Crippen molar-refractivity contribution in [3.05, 3.63) is 221 Å². The largest absolute Gasteiger partial charge is 0.460 e. The van der Waals surface area contributed by atoms with Crippen LogP contribution >= 0.6 is 0 Å². The molecule has 0 bridgehead atoms. The third-order valence-electron chi connectivity index (χ3n) is 12.3. The third-order valence-corrected chi connectivity index (χ3v) is 12.3. The lowest BCUT2D eigenvalue weighted by Gasteiger charge is -2.28. The highest BCUT2D eigenvalue weighted by molar-refractivity contribution is 6.06. The molecule has 0 amide bonds. The molecule has 0 atom stereocenters. The molecule has 10 rings (SSSR count). The predicted octanol–water partition coefficient (Wildman–Crippen LogP) is 13.9. The van der Waals surface area contributed by atoms with Crippen LogP contribution < -0.4 is 16.4 Å². The van der Waals surface area contributed by atoms with Crippen LogP contribution in [0.4, 0.5) is 17.1 Å². The number of hydrogen-bond acceptors (Lipinski definition) is 5. The predicted molar refractivity (Wildman–Crippen MR) is 254 cm³/mol. The van der Waals surface area contributed by atoms with Crippen LogP contribution in [0.25, 0.3) is 56.3 Å². The van der Waals surface area contributed by atoms with Gasteiger partial charge < -0.3 is 25.2 Å². The molecule has 2 aliphatic rings. The minimum Gasteiger partial charge on any atom is -0.460 e. The summed E-state index contributed by atoms with van der Waals surface area (Å²) in [6.07, 6.45) is 14.0. The number of furan rings is 2. The average molecular weight is 794 g/mol. The second-order valence-electron chi connectivity index (χ2n) is 15.8. The fourth-order valence-electron chi connectivity index (χ4n) is 9.13. The zero-order valence-electron chi connectivity index (χ0n) is 34.3. The maximum Gasteiger partial charge on any atom is 0.139 e. The van der Waals surface area contributed by atoms with Crippen LogP contribution in [0, 0.1) is 6.92 Å². The van der Waals surface area contributed by atoms with Gasteiger partial charge in [-0.25, -0.2) is 0 Å². The van der Waals surface area contributed by atoms with Crippen molar-refractivity contribution >= 4 is 51.1 Å². The van der Waals surface area contributed by atoms with Crippen LogP contribution in [0.3, 0.4) is 0 Å². The lowest BCUT2D eigenvalue weighted by atomic mass is 9.94. The van der Waals surface area contributed by atoms with Crippen LogP contribution in [0.1, 0.15) is 69.3 Å². The molecule has 6 aromatic carbocycles. The highest BCUT2D eigenvalue weighted by atomic mass is 16.3. The van der Waals surface area contributed by atoms with Crippen molar-refractivity contribution < 1.29 is 8.83 Å². The van der Waals surface area contributed by atoms with E-state index in [9.17, 15) is 0 Å². The van der Waals surface area contributed by atoms with Crippen molar-refractivity contribution in [1.82, 2.24) is 0 Å². The minimum absolute atomic E-state index is 0.406. The lowest BCUT2D eigenvalue weighted by Crippen LogP contribution is -2.11. The molecule has 4 N–H and O–H groups in total. The fourth-order valence-corrected chi connectivity index (χ4v) is 9.13. The average Bonchev–Trinajstić information content (AvgIpc) is 3.87. The normalized spacial score (nSPS) is 13.3. The molecular weight excluding hydrogens is 747 g/mol. The van der Waals surface area contributed by atoms with E-state index < -0.39 is 0 Å². The van der Waals surface area contributed by atoms with Crippen LogP contribution in [-0.4, -0.2) is 0 Å². The van der Waals surface area contributed by atoms with Gasteiger partial charge in [0.1, 0.15) is 23.0 Å². The molecule has 2 heterocycles. The summed E-state index contributed by atoms with van der Waals surface area (Å²) in [5.74, 6) is 3.51. The Bertz CT molecular complexity index is 3010. The number of allylic oxidation sites excluding steroid dienone is 2. The molecule has 5 heteroatoms. The summed E-state index contributed by atoms with van der Waals surface area (Å²) >= 11 is 0. The highest BCUT2D eigenvalue weighted by Gasteiger charge is 2.24. The first-order chi connectivity index (χ1) is 30.0. The number of nitrogens with zero attached hydrogens (tertiary/aromatic N) is 1. The van der Waals surface area contributed by atoms with Crippen molar-refractivity contribution in [2.45, 2.75) is 39.2 Å². The fraction of sp³-hybridized carbons (Fsp3) is 0.107. The molecule has 2 aromatic heterocycles. The van der Waals surface area contributed by atoms with Crippen LogP contribution in [0.5, 0.6) is 0 Å². The Labute approximate surface area is 357 Å². The Morgan fingerprint density at radius 1 is 0.656 bits per heavy atom. The van der Waals surface area contributed by atoms with Crippen molar-refractivity contribution in [3.8, 4) is 22.3 Å². The number of hydrogen-bond donors (Lipinski definition) is 2. The third kappa shape index (κ3) is 6.83. The summed E-state index contributed by atoms with van der Waals surface area (Å²) in [5.41, 5.74) is 28.7. The summed E-state index contributed by atoms with van der Waals surface area (Å²) in [5, 5.41) is 2.31. The minimum atomic E-state index is 0.406. The monoisotopic (exact) mass is 793 g/mol. The molecule has 0 fully saturated rings. The van der Waals surface area contributed by atoms with Crippen molar-refractivity contribution in [2.24, 2.45) is 11.5 Å².